The summed E-state index contributed by atoms with van der Waals surface area (Å²) in [5.41, 5.74) is 7.45. The maximum absolute atomic E-state index is 12.7. The first kappa shape index (κ1) is 17.7. The van der Waals surface area contributed by atoms with Gasteiger partial charge < -0.3 is 4.90 Å². The third-order valence-electron chi connectivity index (χ3n) is 4.87. The van der Waals surface area contributed by atoms with Crippen molar-refractivity contribution < 1.29 is 19.8 Å². The summed E-state index contributed by atoms with van der Waals surface area (Å²) in [4.78, 5) is 39.5. The Bertz CT molecular complexity index is 718. The van der Waals surface area contributed by atoms with Crippen LogP contribution in [0, 0.1) is 5.92 Å². The number of benzene rings is 1. The number of thioether (sulfide) groups is 1. The molecule has 1 aromatic rings. The number of fused-ring (bicyclic) bond motifs is 1. The molecule has 0 bridgehead atoms. The van der Waals surface area contributed by atoms with E-state index in [4.69, 9.17) is 11.1 Å². The van der Waals surface area contributed by atoms with E-state index in [1.807, 2.05) is 24.3 Å². The molecule has 1 unspecified atom stereocenters. The highest BCUT2D eigenvalue weighted by atomic mass is 32.2. The average molecular weight is 360 g/mol. The number of hydrogen-bond acceptors (Lipinski definition) is 4. The Balaban J connectivity index is 1.97. The van der Waals surface area contributed by atoms with Crippen molar-refractivity contribution >= 4 is 34.4 Å². The summed E-state index contributed by atoms with van der Waals surface area (Å²) in [6, 6.07) is 7.24. The van der Waals surface area contributed by atoms with Crippen LogP contribution in [0.3, 0.4) is 0 Å². The molecular formula is C18H22N3O3S+. The van der Waals surface area contributed by atoms with Gasteiger partial charge in [-0.25, -0.2) is 0 Å². The molecule has 0 spiro atoms. The van der Waals surface area contributed by atoms with Gasteiger partial charge >= 0.3 is 0 Å². The van der Waals surface area contributed by atoms with Crippen LogP contribution in [0.1, 0.15) is 36.4 Å². The lowest BCUT2D eigenvalue weighted by atomic mass is 9.75. The fourth-order valence-corrected chi connectivity index (χ4v) is 4.20. The summed E-state index contributed by atoms with van der Waals surface area (Å²) >= 11 is 1.08. The van der Waals surface area contributed by atoms with Crippen molar-refractivity contribution in [3.63, 3.8) is 0 Å². The standard InChI is InChI=1S/C18H21N3O3S/c19-18(20)25-10-15(24)21-9-8-11-4-1-2-5-12(11)17(21)16-13(22)6-3-7-14(16)23/h1-2,4-5,16-17H,3,6-10H2,(H3,19,20)/p+1. The van der Waals surface area contributed by atoms with Crippen LogP contribution < -0.4 is 11.1 Å². The van der Waals surface area contributed by atoms with Crippen molar-refractivity contribution in [1.82, 2.24) is 4.90 Å². The fraction of sp³-hybridized carbons (Fsp3) is 0.444. The number of ketones is 2. The highest BCUT2D eigenvalue weighted by Gasteiger charge is 2.44. The van der Waals surface area contributed by atoms with Gasteiger partial charge in [0.25, 0.3) is 5.17 Å². The van der Waals surface area contributed by atoms with Crippen LogP contribution in [0.2, 0.25) is 0 Å². The van der Waals surface area contributed by atoms with Crippen molar-refractivity contribution in [3.8, 4) is 0 Å². The van der Waals surface area contributed by atoms with Gasteiger partial charge in [0.05, 0.1) is 11.8 Å². The minimum absolute atomic E-state index is 0.0618. The molecule has 25 heavy (non-hydrogen) atoms. The van der Waals surface area contributed by atoms with Gasteiger partial charge in [-0.3, -0.25) is 25.5 Å². The largest absolute Gasteiger partial charge is 0.333 e. The number of rotatable bonds is 3. The first-order valence-electron chi connectivity index (χ1n) is 8.42. The second-order valence-corrected chi connectivity index (χ2v) is 7.48. The van der Waals surface area contributed by atoms with E-state index >= 15 is 0 Å². The van der Waals surface area contributed by atoms with Crippen molar-refractivity contribution in [2.24, 2.45) is 11.7 Å². The Morgan fingerprint density at radius 3 is 2.56 bits per heavy atom. The summed E-state index contributed by atoms with van der Waals surface area (Å²) < 4.78 is 0. The van der Waals surface area contributed by atoms with Gasteiger partial charge in [-0.1, -0.05) is 24.3 Å². The van der Waals surface area contributed by atoms with Crippen LogP contribution in [-0.2, 0) is 20.8 Å². The Morgan fingerprint density at radius 2 is 1.88 bits per heavy atom. The number of amides is 1. The molecule has 3 rings (SSSR count). The predicted molar refractivity (Wildman–Crippen MR) is 95.5 cm³/mol. The van der Waals surface area contributed by atoms with Crippen LogP contribution in [0.25, 0.3) is 0 Å². The minimum atomic E-state index is -0.761. The first-order valence-corrected chi connectivity index (χ1v) is 9.41. The van der Waals surface area contributed by atoms with Crippen LogP contribution in [-0.4, -0.2) is 39.8 Å². The zero-order valence-corrected chi connectivity index (χ0v) is 14.8. The molecule has 1 aliphatic heterocycles. The Morgan fingerprint density at radius 1 is 1.20 bits per heavy atom. The summed E-state index contributed by atoms with van der Waals surface area (Å²) in [5.74, 6) is -0.926. The summed E-state index contributed by atoms with van der Waals surface area (Å²) in [7, 11) is 0. The van der Waals surface area contributed by atoms with Crippen LogP contribution in [0.5, 0.6) is 0 Å². The SMILES string of the molecule is NC(=[NH2+])SCC(=O)N1CCc2ccccc2C1C1C(=O)CCCC1=O. The maximum Gasteiger partial charge on any atom is 0.300 e. The second-order valence-electron chi connectivity index (χ2n) is 6.44. The normalized spacial score (nSPS) is 21.1. The lowest BCUT2D eigenvalue weighted by Crippen LogP contribution is -2.49. The summed E-state index contributed by atoms with van der Waals surface area (Å²) in [5, 5.41) is 5.58. The highest BCUT2D eigenvalue weighted by Crippen LogP contribution is 2.39. The molecule has 0 aromatic heterocycles. The fourth-order valence-electron chi connectivity index (χ4n) is 3.75. The molecule has 132 valence electrons. The molecule has 7 heteroatoms. The van der Waals surface area contributed by atoms with Gasteiger partial charge in [-0.05, 0) is 35.7 Å². The number of nitrogens with two attached hydrogens (primary N) is 2. The average Bonchev–Trinajstić information content (AvgIpc) is 2.59. The lowest BCUT2D eigenvalue weighted by molar-refractivity contribution is -0.143. The molecule has 1 aromatic carbocycles. The summed E-state index contributed by atoms with van der Waals surface area (Å²) in [6.07, 6.45) is 2.11. The molecule has 2 aliphatic rings. The van der Waals surface area contributed by atoms with E-state index in [9.17, 15) is 14.4 Å². The topological polar surface area (TPSA) is 106 Å². The molecule has 1 atom stereocenters. The van der Waals surface area contributed by atoms with E-state index in [0.717, 1.165) is 22.9 Å². The first-order chi connectivity index (χ1) is 12.0. The van der Waals surface area contributed by atoms with Gasteiger partial charge in [-0.15, -0.1) is 0 Å². The van der Waals surface area contributed by atoms with Gasteiger partial charge in [0, 0.05) is 19.4 Å². The molecule has 1 heterocycles. The van der Waals surface area contributed by atoms with E-state index < -0.39 is 12.0 Å². The number of Topliss-reactive ketones (excluding diaryl/α,β-unsaturated/α-hetero) is 2. The Labute approximate surface area is 150 Å². The summed E-state index contributed by atoms with van der Waals surface area (Å²) in [6.45, 7) is 0.489. The van der Waals surface area contributed by atoms with E-state index in [0.29, 0.717) is 32.2 Å². The number of nitrogens with zero attached hydrogens (tertiary/aromatic N) is 1. The zero-order chi connectivity index (χ0) is 18.0. The third kappa shape index (κ3) is 3.61. The van der Waals surface area contributed by atoms with E-state index in [-0.39, 0.29) is 28.4 Å². The van der Waals surface area contributed by atoms with Crippen LogP contribution in [0.4, 0.5) is 0 Å². The van der Waals surface area contributed by atoms with Crippen LogP contribution in [0.15, 0.2) is 24.3 Å². The number of carbonyl (C=O) groups excluding carboxylic acids is 3. The van der Waals surface area contributed by atoms with E-state index in [1.54, 1.807) is 4.90 Å². The third-order valence-corrected chi connectivity index (χ3v) is 5.59. The molecule has 0 saturated heterocycles. The molecule has 0 radical (unpaired) electrons. The highest BCUT2D eigenvalue weighted by molar-refractivity contribution is 8.14. The van der Waals surface area contributed by atoms with Crippen LogP contribution >= 0.6 is 11.8 Å². The number of carbonyl (C=O) groups is 3. The maximum atomic E-state index is 12.7. The lowest BCUT2D eigenvalue weighted by Gasteiger charge is -2.41. The molecule has 4 N–H and O–H groups in total. The quantitative estimate of drug-likeness (QED) is 0.443. The smallest absolute Gasteiger partial charge is 0.300 e. The molecule has 1 saturated carbocycles. The second kappa shape index (κ2) is 7.39. The molecule has 1 aliphatic carbocycles. The van der Waals surface area contributed by atoms with Gasteiger partial charge in [0.1, 0.15) is 17.5 Å². The van der Waals surface area contributed by atoms with Crippen molar-refractivity contribution in [1.29, 1.82) is 0 Å². The van der Waals surface area contributed by atoms with Crippen molar-refractivity contribution in [2.45, 2.75) is 31.7 Å². The van der Waals surface area contributed by atoms with Gasteiger partial charge in [0.15, 0.2) is 0 Å². The number of hydrogen-bond donors (Lipinski definition) is 2. The molecule has 1 amide bonds. The zero-order valence-electron chi connectivity index (χ0n) is 13.9. The van der Waals surface area contributed by atoms with Gasteiger partial charge in [-0.2, -0.15) is 0 Å². The van der Waals surface area contributed by atoms with E-state index in [2.05, 4.69) is 0 Å². The molecule has 1 fully saturated rings. The Hall–Kier alpha value is -2.15. The predicted octanol–water partition coefficient (Wildman–Crippen LogP) is -0.142. The molecule has 6 nitrogen and oxygen atoms in total. The van der Waals surface area contributed by atoms with Crippen molar-refractivity contribution in [3.05, 3.63) is 35.4 Å². The molecular weight excluding hydrogens is 338 g/mol. The van der Waals surface area contributed by atoms with Crippen molar-refractivity contribution in [2.75, 3.05) is 12.3 Å². The number of amidine groups is 1. The monoisotopic (exact) mass is 360 g/mol. The Kier molecular flexibility index (Phi) is 5.22. The minimum Gasteiger partial charge on any atom is -0.333 e. The van der Waals surface area contributed by atoms with E-state index in [1.165, 1.54) is 0 Å². The van der Waals surface area contributed by atoms with Gasteiger partial charge in [0.2, 0.25) is 5.91 Å².